The van der Waals surface area contributed by atoms with E-state index < -0.39 is 0 Å². The molecule has 214 valence electrons. The van der Waals surface area contributed by atoms with Crippen molar-refractivity contribution in [3.05, 3.63) is 214 Å². The number of rotatable bonds is 4. The van der Waals surface area contributed by atoms with Crippen LogP contribution in [0.1, 0.15) is 44.5 Å². The fraction of sp³-hybridized carbons (Fsp3) is 0. The SMILES string of the molecule is O=C1C(c2ccccc2)=C(c2ccc(C#Cc3ccccc3)cc2)C(c2ccc(C#Cc3ccccc3)cc2)=C1c1ccccc1. The Morgan fingerprint density at radius 1 is 0.261 bits per heavy atom. The van der Waals surface area contributed by atoms with Gasteiger partial charge in [-0.1, -0.05) is 145 Å². The van der Waals surface area contributed by atoms with Crippen molar-refractivity contribution in [1.82, 2.24) is 0 Å². The quantitative estimate of drug-likeness (QED) is 0.189. The number of carbonyl (C=O) groups excluding carboxylic acids is 1. The molecule has 0 saturated heterocycles. The van der Waals surface area contributed by atoms with Gasteiger partial charge >= 0.3 is 0 Å². The Hall–Kier alpha value is -6.41. The lowest BCUT2D eigenvalue weighted by Crippen LogP contribution is -2.01. The molecule has 0 spiro atoms. The van der Waals surface area contributed by atoms with Crippen LogP contribution in [-0.4, -0.2) is 5.78 Å². The molecule has 0 aliphatic heterocycles. The molecule has 0 saturated carbocycles. The lowest BCUT2D eigenvalue weighted by molar-refractivity contribution is -0.108. The van der Waals surface area contributed by atoms with E-state index in [1.807, 2.05) is 146 Å². The molecule has 0 heterocycles. The molecule has 6 aromatic carbocycles. The molecule has 1 aliphatic rings. The van der Waals surface area contributed by atoms with Crippen LogP contribution in [0.3, 0.4) is 0 Å². The average molecular weight is 585 g/mol. The van der Waals surface area contributed by atoms with E-state index >= 15 is 0 Å². The van der Waals surface area contributed by atoms with Gasteiger partial charge in [0.05, 0.1) is 0 Å². The topological polar surface area (TPSA) is 17.1 Å². The number of ketones is 1. The second-order valence-electron chi connectivity index (χ2n) is 10.9. The lowest BCUT2D eigenvalue weighted by Gasteiger charge is -2.14. The van der Waals surface area contributed by atoms with Crippen molar-refractivity contribution in [2.24, 2.45) is 0 Å². The molecule has 0 radical (unpaired) electrons. The smallest absolute Gasteiger partial charge is 0.195 e. The zero-order valence-corrected chi connectivity index (χ0v) is 25.1. The van der Waals surface area contributed by atoms with Crippen LogP contribution in [0.4, 0.5) is 0 Å². The van der Waals surface area contributed by atoms with Crippen molar-refractivity contribution in [3.63, 3.8) is 0 Å². The van der Waals surface area contributed by atoms with Crippen LogP contribution in [0, 0.1) is 23.7 Å². The predicted molar refractivity (Wildman–Crippen MR) is 189 cm³/mol. The van der Waals surface area contributed by atoms with Gasteiger partial charge in [-0.2, -0.15) is 0 Å². The molecule has 6 aromatic rings. The summed E-state index contributed by atoms with van der Waals surface area (Å²) in [5, 5.41) is 0. The number of hydrogen-bond donors (Lipinski definition) is 0. The molecular weight excluding hydrogens is 556 g/mol. The van der Waals surface area contributed by atoms with Crippen LogP contribution in [-0.2, 0) is 4.79 Å². The summed E-state index contributed by atoms with van der Waals surface area (Å²) in [5.41, 5.74) is 10.7. The largest absolute Gasteiger partial charge is 0.289 e. The third-order valence-corrected chi connectivity index (χ3v) is 7.93. The minimum atomic E-state index is 0.0169. The highest BCUT2D eigenvalue weighted by Crippen LogP contribution is 2.49. The Bertz CT molecular complexity index is 2040. The maximum absolute atomic E-state index is 14.6. The zero-order chi connectivity index (χ0) is 31.1. The number of allylic oxidation sites excluding steroid dienone is 4. The van der Waals surface area contributed by atoms with Crippen molar-refractivity contribution in [1.29, 1.82) is 0 Å². The first-order chi connectivity index (χ1) is 22.7. The molecule has 7 rings (SSSR count). The Morgan fingerprint density at radius 3 is 0.848 bits per heavy atom. The molecule has 1 aliphatic carbocycles. The first kappa shape index (κ1) is 28.4. The third kappa shape index (κ3) is 6.00. The van der Waals surface area contributed by atoms with E-state index in [9.17, 15) is 4.79 Å². The van der Waals surface area contributed by atoms with E-state index in [0.29, 0.717) is 11.1 Å². The van der Waals surface area contributed by atoms with Gasteiger partial charge < -0.3 is 0 Å². The van der Waals surface area contributed by atoms with Gasteiger partial charge in [-0.25, -0.2) is 0 Å². The van der Waals surface area contributed by atoms with Gasteiger partial charge in [0.15, 0.2) is 5.78 Å². The summed E-state index contributed by atoms with van der Waals surface area (Å²) in [6.45, 7) is 0. The highest BCUT2D eigenvalue weighted by molar-refractivity contribution is 6.59. The van der Waals surface area contributed by atoms with Gasteiger partial charge in [-0.05, 0) is 70.8 Å². The summed E-state index contributed by atoms with van der Waals surface area (Å²) in [6.07, 6.45) is 0. The van der Waals surface area contributed by atoms with Gasteiger partial charge in [-0.15, -0.1) is 0 Å². The van der Waals surface area contributed by atoms with Crippen LogP contribution in [0.15, 0.2) is 170 Å². The molecule has 1 heteroatoms. The second-order valence-corrected chi connectivity index (χ2v) is 10.9. The minimum absolute atomic E-state index is 0.0169. The fourth-order valence-electron chi connectivity index (χ4n) is 5.71. The number of carbonyl (C=O) groups is 1. The summed E-state index contributed by atoms with van der Waals surface area (Å²) in [4.78, 5) is 14.6. The molecule has 0 N–H and O–H groups in total. The summed E-state index contributed by atoms with van der Waals surface area (Å²) in [6, 6.07) is 56.3. The van der Waals surface area contributed by atoms with Gasteiger partial charge in [0.2, 0.25) is 0 Å². The van der Waals surface area contributed by atoms with E-state index in [4.69, 9.17) is 0 Å². The molecule has 0 amide bonds. The van der Waals surface area contributed by atoms with Crippen molar-refractivity contribution in [2.45, 2.75) is 0 Å². The first-order valence-electron chi connectivity index (χ1n) is 15.2. The third-order valence-electron chi connectivity index (χ3n) is 7.93. The Balaban J connectivity index is 1.37. The maximum Gasteiger partial charge on any atom is 0.195 e. The Labute approximate surface area is 270 Å². The standard InChI is InChI=1S/C45H28O/c46-45-43(37-17-9-3-10-18-37)41(39-29-25-35(26-30-39)23-21-33-13-5-1-6-14-33)42(44(45)38-19-11-4-12-20-38)40-31-27-36(28-32-40)24-22-34-15-7-2-8-16-34/h1-20,25-32H. The van der Waals surface area contributed by atoms with E-state index in [2.05, 4.69) is 47.9 Å². The summed E-state index contributed by atoms with van der Waals surface area (Å²) in [5.74, 6) is 13.1. The molecule has 1 nitrogen and oxygen atoms in total. The molecule has 0 fully saturated rings. The van der Waals surface area contributed by atoms with Crippen molar-refractivity contribution >= 4 is 28.1 Å². The van der Waals surface area contributed by atoms with Crippen LogP contribution in [0.25, 0.3) is 22.3 Å². The Kier molecular flexibility index (Phi) is 8.06. The summed E-state index contributed by atoms with van der Waals surface area (Å²) in [7, 11) is 0. The molecular formula is C45H28O. The van der Waals surface area contributed by atoms with Gasteiger partial charge in [-0.3, -0.25) is 4.79 Å². The highest BCUT2D eigenvalue weighted by Gasteiger charge is 2.35. The Morgan fingerprint density at radius 2 is 0.522 bits per heavy atom. The highest BCUT2D eigenvalue weighted by atomic mass is 16.1. The van der Waals surface area contributed by atoms with E-state index in [1.165, 1.54) is 0 Å². The van der Waals surface area contributed by atoms with Crippen molar-refractivity contribution < 1.29 is 4.79 Å². The summed E-state index contributed by atoms with van der Waals surface area (Å²) < 4.78 is 0. The monoisotopic (exact) mass is 584 g/mol. The van der Waals surface area contributed by atoms with Crippen molar-refractivity contribution in [3.8, 4) is 23.7 Å². The lowest BCUT2D eigenvalue weighted by atomic mass is 9.88. The zero-order valence-electron chi connectivity index (χ0n) is 25.1. The number of benzene rings is 6. The average Bonchev–Trinajstić information content (AvgIpc) is 3.44. The van der Waals surface area contributed by atoms with Crippen LogP contribution >= 0.6 is 0 Å². The van der Waals surface area contributed by atoms with Crippen molar-refractivity contribution in [2.75, 3.05) is 0 Å². The van der Waals surface area contributed by atoms with Gasteiger partial charge in [0.1, 0.15) is 0 Å². The van der Waals surface area contributed by atoms with Crippen LogP contribution in [0.2, 0.25) is 0 Å². The van der Waals surface area contributed by atoms with E-state index in [0.717, 1.165) is 55.7 Å². The maximum atomic E-state index is 14.6. The van der Waals surface area contributed by atoms with Gasteiger partial charge in [0, 0.05) is 44.5 Å². The van der Waals surface area contributed by atoms with Crippen LogP contribution < -0.4 is 0 Å². The number of hydrogen-bond acceptors (Lipinski definition) is 1. The fourth-order valence-corrected chi connectivity index (χ4v) is 5.71. The van der Waals surface area contributed by atoms with Gasteiger partial charge in [0.25, 0.3) is 0 Å². The molecule has 0 aromatic heterocycles. The first-order valence-corrected chi connectivity index (χ1v) is 15.2. The molecule has 46 heavy (non-hydrogen) atoms. The normalized spacial score (nSPS) is 12.3. The number of Topliss-reactive ketones (excluding diaryl/α,β-unsaturated/α-hetero) is 1. The van der Waals surface area contributed by atoms with E-state index in [-0.39, 0.29) is 5.78 Å². The second kappa shape index (κ2) is 13.1. The predicted octanol–water partition coefficient (Wildman–Crippen LogP) is 9.59. The summed E-state index contributed by atoms with van der Waals surface area (Å²) >= 11 is 0. The molecule has 0 bridgehead atoms. The molecule has 0 unspecified atom stereocenters. The molecule has 0 atom stereocenters. The van der Waals surface area contributed by atoms with Crippen LogP contribution in [0.5, 0.6) is 0 Å². The minimum Gasteiger partial charge on any atom is -0.289 e. The van der Waals surface area contributed by atoms with E-state index in [1.54, 1.807) is 0 Å².